The molecule has 1 rings (SSSR count). The molecule has 0 fully saturated rings. The molecule has 0 aliphatic rings. The molecule has 5 heteroatoms. The molecule has 0 aliphatic carbocycles. The highest BCUT2D eigenvalue weighted by atomic mass is 35.5. The summed E-state index contributed by atoms with van der Waals surface area (Å²) in [5.41, 5.74) is 0.279. The number of non-ortho nitro benzene ring substituents is 1. The van der Waals surface area contributed by atoms with E-state index in [-0.39, 0.29) is 15.7 Å². The lowest BCUT2D eigenvalue weighted by atomic mass is 10.2. The second-order valence-electron chi connectivity index (χ2n) is 2.15. The van der Waals surface area contributed by atoms with Crippen LogP contribution >= 0.6 is 23.2 Å². The first-order chi connectivity index (χ1) is 5.52. The zero-order valence-corrected chi connectivity index (χ0v) is 7.39. The Labute approximate surface area is 79.1 Å². The van der Waals surface area contributed by atoms with E-state index in [9.17, 15) is 10.1 Å². The van der Waals surface area contributed by atoms with Crippen LogP contribution in [0.4, 0.5) is 5.69 Å². The monoisotopic (exact) mass is 204 g/mol. The Bertz CT molecular complexity index is 315. The molecule has 0 saturated heterocycles. The molecule has 0 heterocycles. The van der Waals surface area contributed by atoms with Gasteiger partial charge in [-0.2, -0.15) is 0 Å². The van der Waals surface area contributed by atoms with E-state index >= 15 is 0 Å². The topological polar surface area (TPSA) is 43.1 Å². The van der Waals surface area contributed by atoms with E-state index in [1.807, 2.05) is 0 Å². The molecule has 0 amide bonds. The first kappa shape index (κ1) is 9.29. The fraction of sp³-hybridized carbons (Fsp3) is 0. The van der Waals surface area contributed by atoms with Crippen molar-refractivity contribution in [2.45, 2.75) is 0 Å². The lowest BCUT2D eigenvalue weighted by Crippen LogP contribution is -1.89. The standard InChI is InChI=1S/C7H4Cl2NO2/c1-4-6(8)2-5(10(11)12)3-7(4)9/h2-3H,1H2. The van der Waals surface area contributed by atoms with Crippen molar-refractivity contribution in [2.75, 3.05) is 0 Å². The van der Waals surface area contributed by atoms with E-state index in [1.165, 1.54) is 12.1 Å². The van der Waals surface area contributed by atoms with Crippen molar-refractivity contribution in [3.63, 3.8) is 0 Å². The fourth-order valence-electron chi connectivity index (χ4n) is 0.695. The van der Waals surface area contributed by atoms with Crippen LogP contribution in [0.3, 0.4) is 0 Å². The van der Waals surface area contributed by atoms with Gasteiger partial charge in [0.05, 0.1) is 15.0 Å². The van der Waals surface area contributed by atoms with E-state index in [4.69, 9.17) is 23.2 Å². The minimum Gasteiger partial charge on any atom is -0.258 e. The summed E-state index contributed by atoms with van der Waals surface area (Å²) in [5, 5.41) is 10.7. The maximum absolute atomic E-state index is 10.3. The Morgan fingerprint density at radius 1 is 1.33 bits per heavy atom. The molecule has 0 bridgehead atoms. The minimum atomic E-state index is -0.558. The van der Waals surface area contributed by atoms with Gasteiger partial charge in [-0.05, 0) is 12.5 Å². The maximum atomic E-state index is 10.3. The van der Waals surface area contributed by atoms with Crippen molar-refractivity contribution >= 4 is 28.9 Å². The van der Waals surface area contributed by atoms with Gasteiger partial charge in [0, 0.05) is 12.1 Å². The van der Waals surface area contributed by atoms with E-state index in [2.05, 4.69) is 6.92 Å². The van der Waals surface area contributed by atoms with Gasteiger partial charge in [0.1, 0.15) is 0 Å². The number of rotatable bonds is 1. The Balaban J connectivity index is 3.31. The van der Waals surface area contributed by atoms with Crippen LogP contribution < -0.4 is 0 Å². The number of benzene rings is 1. The van der Waals surface area contributed by atoms with Crippen LogP contribution in [0.1, 0.15) is 5.56 Å². The lowest BCUT2D eigenvalue weighted by molar-refractivity contribution is -0.384. The highest BCUT2D eigenvalue weighted by Crippen LogP contribution is 2.28. The molecule has 3 nitrogen and oxygen atoms in total. The third kappa shape index (κ3) is 1.68. The molecule has 0 spiro atoms. The molecule has 63 valence electrons. The second-order valence-corrected chi connectivity index (χ2v) is 2.96. The third-order valence-corrected chi connectivity index (χ3v) is 2.01. The summed E-state index contributed by atoms with van der Waals surface area (Å²) in [4.78, 5) is 9.73. The van der Waals surface area contributed by atoms with Gasteiger partial charge in [-0.15, -0.1) is 0 Å². The van der Waals surface area contributed by atoms with Crippen LogP contribution in [0.15, 0.2) is 12.1 Å². The van der Waals surface area contributed by atoms with Crippen molar-refractivity contribution in [3.05, 3.63) is 44.8 Å². The largest absolute Gasteiger partial charge is 0.272 e. The summed E-state index contributed by atoms with van der Waals surface area (Å²) in [6, 6.07) is 2.44. The van der Waals surface area contributed by atoms with Crippen molar-refractivity contribution in [1.29, 1.82) is 0 Å². The summed E-state index contributed by atoms with van der Waals surface area (Å²) in [7, 11) is 0. The molecule has 0 N–H and O–H groups in total. The number of halogens is 2. The molecule has 0 atom stereocenters. The summed E-state index contributed by atoms with van der Waals surface area (Å²) < 4.78 is 0. The lowest BCUT2D eigenvalue weighted by Gasteiger charge is -1.99. The van der Waals surface area contributed by atoms with Gasteiger partial charge < -0.3 is 0 Å². The quantitative estimate of drug-likeness (QED) is 0.522. The zero-order chi connectivity index (χ0) is 9.30. The first-order valence-corrected chi connectivity index (χ1v) is 3.73. The van der Waals surface area contributed by atoms with Gasteiger partial charge >= 0.3 is 0 Å². The summed E-state index contributed by atoms with van der Waals surface area (Å²) in [5.74, 6) is 0. The van der Waals surface area contributed by atoms with Crippen molar-refractivity contribution in [1.82, 2.24) is 0 Å². The Morgan fingerprint density at radius 2 is 1.75 bits per heavy atom. The molecule has 1 radical (unpaired) electrons. The zero-order valence-electron chi connectivity index (χ0n) is 5.88. The number of hydrogen-bond acceptors (Lipinski definition) is 2. The number of nitro groups is 1. The highest BCUT2D eigenvalue weighted by molar-refractivity contribution is 6.36. The Hall–Kier alpha value is -0.800. The van der Waals surface area contributed by atoms with Crippen LogP contribution in [-0.4, -0.2) is 4.92 Å². The van der Waals surface area contributed by atoms with Gasteiger partial charge in [-0.1, -0.05) is 23.2 Å². The first-order valence-electron chi connectivity index (χ1n) is 2.97. The van der Waals surface area contributed by atoms with E-state index in [0.717, 1.165) is 0 Å². The van der Waals surface area contributed by atoms with Crippen LogP contribution in [0.25, 0.3) is 0 Å². The number of hydrogen-bond donors (Lipinski definition) is 0. The van der Waals surface area contributed by atoms with Gasteiger partial charge in [0.2, 0.25) is 0 Å². The van der Waals surface area contributed by atoms with Crippen LogP contribution in [0.5, 0.6) is 0 Å². The molecule has 1 aromatic carbocycles. The molecule has 0 saturated carbocycles. The van der Waals surface area contributed by atoms with Gasteiger partial charge in [-0.25, -0.2) is 0 Å². The molecule has 1 aromatic rings. The maximum Gasteiger partial charge on any atom is 0.272 e. The predicted octanol–water partition coefficient (Wildman–Crippen LogP) is 3.08. The van der Waals surface area contributed by atoms with Crippen molar-refractivity contribution in [2.24, 2.45) is 0 Å². The molecular formula is C7H4Cl2NO2. The van der Waals surface area contributed by atoms with Crippen molar-refractivity contribution < 1.29 is 4.92 Å². The molecule has 0 aromatic heterocycles. The van der Waals surface area contributed by atoms with E-state index in [0.29, 0.717) is 5.56 Å². The summed E-state index contributed by atoms with van der Waals surface area (Å²) >= 11 is 11.2. The van der Waals surface area contributed by atoms with Gasteiger partial charge in [-0.3, -0.25) is 10.1 Å². The minimum absolute atomic E-state index is 0.127. The second kappa shape index (κ2) is 3.29. The third-order valence-electron chi connectivity index (χ3n) is 1.34. The Morgan fingerprint density at radius 3 is 2.08 bits per heavy atom. The normalized spacial score (nSPS) is 9.92. The number of nitro benzene ring substituents is 1. The van der Waals surface area contributed by atoms with Gasteiger partial charge in [0.15, 0.2) is 0 Å². The van der Waals surface area contributed by atoms with Gasteiger partial charge in [0.25, 0.3) is 5.69 Å². The predicted molar refractivity (Wildman–Crippen MR) is 47.6 cm³/mol. The van der Waals surface area contributed by atoms with Crippen LogP contribution in [0, 0.1) is 17.0 Å². The highest BCUT2D eigenvalue weighted by Gasteiger charge is 2.10. The average molecular weight is 205 g/mol. The van der Waals surface area contributed by atoms with Crippen LogP contribution in [-0.2, 0) is 0 Å². The molecule has 12 heavy (non-hydrogen) atoms. The summed E-state index contributed by atoms with van der Waals surface area (Å²) in [6.07, 6.45) is 0. The summed E-state index contributed by atoms with van der Waals surface area (Å²) in [6.45, 7) is 3.53. The van der Waals surface area contributed by atoms with Crippen LogP contribution in [0.2, 0.25) is 10.0 Å². The van der Waals surface area contributed by atoms with Crippen molar-refractivity contribution in [3.8, 4) is 0 Å². The molecule has 0 unspecified atom stereocenters. The fourth-order valence-corrected chi connectivity index (χ4v) is 1.17. The SMILES string of the molecule is [CH2]c1c(Cl)cc([N+](=O)[O-])cc1Cl. The number of nitrogens with zero attached hydrogens (tertiary/aromatic N) is 1. The smallest absolute Gasteiger partial charge is 0.258 e. The molecule has 0 aliphatic heterocycles. The molecular weight excluding hydrogens is 201 g/mol. The Kier molecular flexibility index (Phi) is 2.55. The average Bonchev–Trinajstić information content (AvgIpc) is 1.99. The van der Waals surface area contributed by atoms with E-state index < -0.39 is 4.92 Å². The van der Waals surface area contributed by atoms with E-state index in [1.54, 1.807) is 0 Å².